The van der Waals surface area contributed by atoms with Crippen LogP contribution in [0.3, 0.4) is 0 Å². The molecule has 0 fully saturated rings. The van der Waals surface area contributed by atoms with Gasteiger partial charge < -0.3 is 0 Å². The normalized spacial score (nSPS) is 10.9. The number of nitriles is 1. The van der Waals surface area contributed by atoms with Crippen molar-refractivity contribution in [2.45, 2.75) is 4.90 Å². The predicted octanol–water partition coefficient (Wildman–Crippen LogP) is 1.84. The minimum Gasteiger partial charge on any atom is -0.284 e. The van der Waals surface area contributed by atoms with E-state index < -0.39 is 10.0 Å². The lowest BCUT2D eigenvalue weighted by Crippen LogP contribution is -2.13. The van der Waals surface area contributed by atoms with E-state index in [1.54, 1.807) is 6.07 Å². The van der Waals surface area contributed by atoms with E-state index in [1.807, 2.05) is 6.07 Å². The van der Waals surface area contributed by atoms with Crippen molar-refractivity contribution in [3.63, 3.8) is 0 Å². The maximum Gasteiger partial charge on any atom is 0.265 e. The molecule has 0 aliphatic carbocycles. The Kier molecular flexibility index (Phi) is 3.36. The predicted molar refractivity (Wildman–Crippen MR) is 68.3 cm³/mol. The van der Waals surface area contributed by atoms with E-state index in [9.17, 15) is 8.42 Å². The van der Waals surface area contributed by atoms with Gasteiger partial charge in [-0.15, -0.1) is 0 Å². The summed E-state index contributed by atoms with van der Waals surface area (Å²) in [6, 6.07) is 6.63. The summed E-state index contributed by atoms with van der Waals surface area (Å²) < 4.78 is 26.9. The summed E-state index contributed by atoms with van der Waals surface area (Å²) in [4.78, 5) is 0.00589. The molecule has 0 saturated heterocycles. The molecule has 1 aromatic heterocycles. The Morgan fingerprint density at radius 1 is 1.44 bits per heavy atom. The monoisotopic (exact) mass is 326 g/mol. The zero-order valence-corrected chi connectivity index (χ0v) is 11.3. The summed E-state index contributed by atoms with van der Waals surface area (Å²) in [5.41, 5.74) is 0.457. The van der Waals surface area contributed by atoms with Crippen molar-refractivity contribution in [3.05, 3.63) is 40.6 Å². The smallest absolute Gasteiger partial charge is 0.265 e. The van der Waals surface area contributed by atoms with Crippen molar-refractivity contribution >= 4 is 31.6 Å². The number of sulfonamides is 1. The van der Waals surface area contributed by atoms with Gasteiger partial charge in [-0.05, 0) is 18.2 Å². The van der Waals surface area contributed by atoms with Crippen molar-refractivity contribution in [2.75, 3.05) is 4.72 Å². The quantitative estimate of drug-likeness (QED) is 0.898. The maximum absolute atomic E-state index is 11.9. The number of rotatable bonds is 3. The van der Waals surface area contributed by atoms with E-state index in [2.05, 4.69) is 30.8 Å². The molecule has 1 heterocycles. The Morgan fingerprint density at radius 2 is 2.22 bits per heavy atom. The Morgan fingerprint density at radius 3 is 2.83 bits per heavy atom. The lowest BCUT2D eigenvalue weighted by Gasteiger charge is -2.08. The summed E-state index contributed by atoms with van der Waals surface area (Å²) >= 11 is 3.22. The van der Waals surface area contributed by atoms with Crippen LogP contribution in [0.5, 0.6) is 0 Å². The number of nitrogens with one attached hydrogen (secondary N) is 2. The van der Waals surface area contributed by atoms with Crippen LogP contribution in [0.4, 0.5) is 5.69 Å². The van der Waals surface area contributed by atoms with E-state index >= 15 is 0 Å². The van der Waals surface area contributed by atoms with Gasteiger partial charge in [0, 0.05) is 10.7 Å². The largest absolute Gasteiger partial charge is 0.284 e. The number of hydrogen-bond acceptors (Lipinski definition) is 4. The molecule has 2 rings (SSSR count). The first-order valence-corrected chi connectivity index (χ1v) is 7.02. The highest BCUT2D eigenvalue weighted by molar-refractivity contribution is 9.10. The fraction of sp³-hybridized carbons (Fsp3) is 0. The molecule has 1 aromatic carbocycles. The zero-order chi connectivity index (χ0) is 13.2. The lowest BCUT2D eigenvalue weighted by atomic mass is 10.2. The molecule has 0 unspecified atom stereocenters. The van der Waals surface area contributed by atoms with Crippen LogP contribution in [-0.4, -0.2) is 18.6 Å². The van der Waals surface area contributed by atoms with Gasteiger partial charge in [-0.1, -0.05) is 15.9 Å². The number of hydrogen-bond donors (Lipinski definition) is 2. The summed E-state index contributed by atoms with van der Waals surface area (Å²) in [5, 5.41) is 14.9. The van der Waals surface area contributed by atoms with E-state index in [0.29, 0.717) is 4.47 Å². The van der Waals surface area contributed by atoms with Gasteiger partial charge in [0.25, 0.3) is 10.0 Å². The van der Waals surface area contributed by atoms with E-state index in [-0.39, 0.29) is 16.1 Å². The van der Waals surface area contributed by atoms with Gasteiger partial charge in [-0.3, -0.25) is 9.82 Å². The third kappa shape index (κ3) is 2.52. The lowest BCUT2D eigenvalue weighted by molar-refractivity contribution is 0.601. The number of aromatic nitrogens is 2. The minimum atomic E-state index is -3.74. The standard InChI is InChI=1S/C10H7BrN4O2S/c11-8-2-1-7(4-12)10(3-8)15-18(16,17)9-5-13-14-6-9/h1-3,5-6,15H,(H,13,14). The Labute approximate surface area is 112 Å². The number of aromatic amines is 1. The van der Waals surface area contributed by atoms with Crippen LogP contribution in [-0.2, 0) is 10.0 Å². The Bertz CT molecular complexity index is 704. The first-order valence-electron chi connectivity index (χ1n) is 4.74. The topological polar surface area (TPSA) is 98.6 Å². The van der Waals surface area contributed by atoms with Gasteiger partial charge in [0.15, 0.2) is 0 Å². The van der Waals surface area contributed by atoms with E-state index in [4.69, 9.17) is 5.26 Å². The van der Waals surface area contributed by atoms with Crippen LogP contribution >= 0.6 is 15.9 Å². The SMILES string of the molecule is N#Cc1ccc(Br)cc1NS(=O)(=O)c1cn[nH]c1. The second-order valence-electron chi connectivity index (χ2n) is 3.34. The number of halogens is 1. The maximum atomic E-state index is 11.9. The molecule has 0 aliphatic rings. The number of benzene rings is 1. The number of nitrogens with zero attached hydrogens (tertiary/aromatic N) is 2. The number of anilines is 1. The second-order valence-corrected chi connectivity index (χ2v) is 5.94. The molecule has 8 heteroatoms. The fourth-order valence-corrected chi connectivity index (χ4v) is 2.62. The van der Waals surface area contributed by atoms with Crippen LogP contribution in [0.1, 0.15) is 5.56 Å². The first kappa shape index (κ1) is 12.6. The molecule has 0 atom stereocenters. The third-order valence-corrected chi connectivity index (χ3v) is 3.96. The van der Waals surface area contributed by atoms with E-state index in [0.717, 1.165) is 0 Å². The average Bonchev–Trinajstić information content (AvgIpc) is 2.83. The first-order chi connectivity index (χ1) is 8.53. The van der Waals surface area contributed by atoms with Crippen LogP contribution in [0, 0.1) is 11.3 Å². The second kappa shape index (κ2) is 4.80. The zero-order valence-electron chi connectivity index (χ0n) is 8.88. The third-order valence-electron chi connectivity index (χ3n) is 2.13. The van der Waals surface area contributed by atoms with Gasteiger partial charge in [0.2, 0.25) is 0 Å². The molecule has 2 aromatic rings. The summed E-state index contributed by atoms with van der Waals surface area (Å²) in [5.74, 6) is 0. The minimum absolute atomic E-state index is 0.00589. The van der Waals surface area contributed by atoms with Crippen LogP contribution in [0.2, 0.25) is 0 Å². The molecule has 6 nitrogen and oxygen atoms in total. The summed E-state index contributed by atoms with van der Waals surface area (Å²) in [6.45, 7) is 0. The Hall–Kier alpha value is -1.85. The van der Waals surface area contributed by atoms with Gasteiger partial charge in [0.05, 0.1) is 17.4 Å². The Balaban J connectivity index is 2.41. The van der Waals surface area contributed by atoms with Crippen molar-refractivity contribution in [1.29, 1.82) is 5.26 Å². The molecule has 92 valence electrons. The van der Waals surface area contributed by atoms with E-state index in [1.165, 1.54) is 24.5 Å². The highest BCUT2D eigenvalue weighted by Crippen LogP contribution is 2.23. The van der Waals surface area contributed by atoms with Crippen molar-refractivity contribution in [1.82, 2.24) is 10.2 Å². The molecule has 0 bridgehead atoms. The molecule has 2 N–H and O–H groups in total. The molecular formula is C10H7BrN4O2S. The molecule has 0 aliphatic heterocycles. The van der Waals surface area contributed by atoms with Crippen molar-refractivity contribution < 1.29 is 8.42 Å². The van der Waals surface area contributed by atoms with Crippen LogP contribution in [0.25, 0.3) is 0 Å². The molecule has 0 saturated carbocycles. The molecule has 0 amide bonds. The number of H-pyrrole nitrogens is 1. The highest BCUT2D eigenvalue weighted by Gasteiger charge is 2.17. The molecule has 0 radical (unpaired) electrons. The summed E-state index contributed by atoms with van der Waals surface area (Å²) in [6.07, 6.45) is 2.44. The molecule has 0 spiro atoms. The van der Waals surface area contributed by atoms with Gasteiger partial charge in [0.1, 0.15) is 11.0 Å². The van der Waals surface area contributed by atoms with Crippen LogP contribution in [0.15, 0.2) is 40.0 Å². The molecular weight excluding hydrogens is 320 g/mol. The van der Waals surface area contributed by atoms with Crippen molar-refractivity contribution in [3.8, 4) is 6.07 Å². The van der Waals surface area contributed by atoms with Gasteiger partial charge in [-0.2, -0.15) is 10.4 Å². The molecule has 18 heavy (non-hydrogen) atoms. The van der Waals surface area contributed by atoms with Crippen molar-refractivity contribution in [2.24, 2.45) is 0 Å². The fourth-order valence-electron chi connectivity index (χ4n) is 1.29. The van der Waals surface area contributed by atoms with Gasteiger partial charge in [-0.25, -0.2) is 8.42 Å². The van der Waals surface area contributed by atoms with Crippen LogP contribution < -0.4 is 4.72 Å². The highest BCUT2D eigenvalue weighted by atomic mass is 79.9. The summed E-state index contributed by atoms with van der Waals surface area (Å²) in [7, 11) is -3.74. The average molecular weight is 327 g/mol. The van der Waals surface area contributed by atoms with Gasteiger partial charge >= 0.3 is 0 Å².